The van der Waals surface area contributed by atoms with E-state index in [9.17, 15) is 13.2 Å². The molecule has 0 saturated heterocycles. The molecule has 0 radical (unpaired) electrons. The first-order valence-corrected chi connectivity index (χ1v) is 10.7. The lowest BCUT2D eigenvalue weighted by Gasteiger charge is -2.09. The summed E-state index contributed by atoms with van der Waals surface area (Å²) in [5.74, 6) is 1.54. The highest BCUT2D eigenvalue weighted by Gasteiger charge is 2.14. The maximum Gasteiger partial charge on any atom is 0.240 e. The van der Waals surface area contributed by atoms with Crippen LogP contribution in [0.2, 0.25) is 0 Å². The Bertz CT molecular complexity index is 1130. The third-order valence-electron chi connectivity index (χ3n) is 4.11. The van der Waals surface area contributed by atoms with Gasteiger partial charge in [0.1, 0.15) is 11.6 Å². The molecule has 0 unspecified atom stereocenters. The molecule has 3 rings (SSSR count). The monoisotopic (exact) mass is 426 g/mol. The van der Waals surface area contributed by atoms with Crippen molar-refractivity contribution in [3.8, 4) is 0 Å². The number of sulfonamides is 1. The van der Waals surface area contributed by atoms with E-state index < -0.39 is 10.0 Å². The summed E-state index contributed by atoms with van der Waals surface area (Å²) >= 11 is 0. The van der Waals surface area contributed by atoms with Gasteiger partial charge in [-0.2, -0.15) is 0 Å². The van der Waals surface area contributed by atoms with E-state index in [0.717, 1.165) is 5.56 Å². The Balaban J connectivity index is 1.50. The predicted octanol–water partition coefficient (Wildman–Crippen LogP) is 2.52. The Hall–Kier alpha value is -3.37. The SMILES string of the molecule is CC(=O)c1cccc(S(=O)(=O)NCCNc2ccc(Nc3cc(C)ccn3)nn2)c1. The number of carbonyl (C=O) groups excluding carboxylic acids is 1. The number of pyridine rings is 1. The first kappa shape index (κ1) is 21.3. The van der Waals surface area contributed by atoms with Crippen molar-refractivity contribution in [1.29, 1.82) is 0 Å². The molecule has 0 atom stereocenters. The summed E-state index contributed by atoms with van der Waals surface area (Å²) in [5, 5.41) is 14.2. The second kappa shape index (κ2) is 9.42. The van der Waals surface area contributed by atoms with Crippen molar-refractivity contribution in [3.63, 3.8) is 0 Å². The highest BCUT2D eigenvalue weighted by atomic mass is 32.2. The molecule has 0 spiro atoms. The fraction of sp³-hybridized carbons (Fsp3) is 0.200. The summed E-state index contributed by atoms with van der Waals surface area (Å²) in [6.45, 7) is 3.82. The third-order valence-corrected chi connectivity index (χ3v) is 5.57. The van der Waals surface area contributed by atoms with Crippen LogP contribution in [0.15, 0.2) is 59.6 Å². The minimum absolute atomic E-state index is 0.0511. The maximum atomic E-state index is 12.4. The number of aromatic nitrogens is 3. The van der Waals surface area contributed by atoms with Crippen molar-refractivity contribution in [2.75, 3.05) is 23.7 Å². The largest absolute Gasteiger partial charge is 0.367 e. The zero-order valence-corrected chi connectivity index (χ0v) is 17.4. The molecule has 0 saturated carbocycles. The van der Waals surface area contributed by atoms with Crippen LogP contribution in [0.3, 0.4) is 0 Å². The van der Waals surface area contributed by atoms with E-state index in [1.807, 2.05) is 19.1 Å². The minimum Gasteiger partial charge on any atom is -0.367 e. The molecule has 0 aliphatic carbocycles. The van der Waals surface area contributed by atoms with Gasteiger partial charge in [-0.25, -0.2) is 18.1 Å². The molecule has 0 aliphatic heterocycles. The fourth-order valence-corrected chi connectivity index (χ4v) is 3.65. The normalized spacial score (nSPS) is 11.1. The highest BCUT2D eigenvalue weighted by molar-refractivity contribution is 7.89. The molecule has 2 heterocycles. The van der Waals surface area contributed by atoms with Gasteiger partial charge in [0.2, 0.25) is 10.0 Å². The second-order valence-electron chi connectivity index (χ2n) is 6.56. The lowest BCUT2D eigenvalue weighted by atomic mass is 10.2. The van der Waals surface area contributed by atoms with Crippen molar-refractivity contribution in [3.05, 3.63) is 65.9 Å². The molecule has 3 N–H and O–H groups in total. The number of benzene rings is 1. The van der Waals surface area contributed by atoms with Gasteiger partial charge in [-0.15, -0.1) is 10.2 Å². The number of aryl methyl sites for hydroxylation is 1. The van der Waals surface area contributed by atoms with Crippen molar-refractivity contribution in [2.45, 2.75) is 18.7 Å². The van der Waals surface area contributed by atoms with Crippen LogP contribution in [0.1, 0.15) is 22.8 Å². The van der Waals surface area contributed by atoms with Gasteiger partial charge in [0.15, 0.2) is 11.6 Å². The van der Waals surface area contributed by atoms with E-state index in [2.05, 4.69) is 30.5 Å². The Morgan fingerprint density at radius 3 is 2.43 bits per heavy atom. The molecule has 3 aromatic rings. The number of hydrogen-bond acceptors (Lipinski definition) is 8. The topological polar surface area (TPSA) is 126 Å². The Morgan fingerprint density at radius 1 is 0.967 bits per heavy atom. The third kappa shape index (κ3) is 5.82. The Kier molecular flexibility index (Phi) is 6.70. The van der Waals surface area contributed by atoms with Crippen molar-refractivity contribution < 1.29 is 13.2 Å². The van der Waals surface area contributed by atoms with Crippen LogP contribution in [0.4, 0.5) is 17.5 Å². The van der Waals surface area contributed by atoms with Crippen molar-refractivity contribution >= 4 is 33.3 Å². The molecule has 0 amide bonds. The maximum absolute atomic E-state index is 12.4. The van der Waals surface area contributed by atoms with Gasteiger partial charge in [0.25, 0.3) is 0 Å². The molecular weight excluding hydrogens is 404 g/mol. The van der Waals surface area contributed by atoms with E-state index in [1.54, 1.807) is 30.5 Å². The van der Waals surface area contributed by atoms with Crippen LogP contribution >= 0.6 is 0 Å². The van der Waals surface area contributed by atoms with Gasteiger partial charge >= 0.3 is 0 Å². The van der Waals surface area contributed by atoms with E-state index in [-0.39, 0.29) is 17.2 Å². The van der Waals surface area contributed by atoms with E-state index >= 15 is 0 Å². The minimum atomic E-state index is -3.71. The predicted molar refractivity (Wildman–Crippen MR) is 114 cm³/mol. The smallest absolute Gasteiger partial charge is 0.240 e. The lowest BCUT2D eigenvalue weighted by molar-refractivity contribution is 0.101. The number of nitrogens with zero attached hydrogens (tertiary/aromatic N) is 3. The number of Topliss-reactive ketones (excluding diaryl/α,β-unsaturated/α-hetero) is 1. The first-order valence-electron chi connectivity index (χ1n) is 9.21. The van der Waals surface area contributed by atoms with Gasteiger partial charge in [0.05, 0.1) is 4.90 Å². The number of rotatable bonds is 9. The molecule has 2 aromatic heterocycles. The average molecular weight is 427 g/mol. The highest BCUT2D eigenvalue weighted by Crippen LogP contribution is 2.14. The molecule has 0 fully saturated rings. The van der Waals surface area contributed by atoms with Crippen LogP contribution in [0, 0.1) is 6.92 Å². The van der Waals surface area contributed by atoms with Crippen molar-refractivity contribution in [1.82, 2.24) is 19.9 Å². The number of ketones is 1. The Labute approximate surface area is 175 Å². The van der Waals surface area contributed by atoms with Crippen molar-refractivity contribution in [2.24, 2.45) is 0 Å². The van der Waals surface area contributed by atoms with Crippen LogP contribution in [-0.2, 0) is 10.0 Å². The second-order valence-corrected chi connectivity index (χ2v) is 8.32. The summed E-state index contributed by atoms with van der Waals surface area (Å²) in [7, 11) is -3.71. The zero-order chi connectivity index (χ0) is 21.6. The van der Waals surface area contributed by atoms with Gasteiger partial charge in [0, 0.05) is 24.8 Å². The standard InChI is InChI=1S/C20H22N6O3S/c1-14-8-9-21-20(12-14)24-19-7-6-18(25-26-19)22-10-11-23-30(28,29)17-5-3-4-16(13-17)15(2)27/h3-9,12-13,23H,10-11H2,1-2H3,(H,22,25)(H,21,24,26). The van der Waals surface area contributed by atoms with Gasteiger partial charge < -0.3 is 10.6 Å². The van der Waals surface area contributed by atoms with Gasteiger partial charge in [-0.3, -0.25) is 4.79 Å². The number of hydrogen-bond donors (Lipinski definition) is 3. The quantitative estimate of drug-likeness (QED) is 0.352. The molecular formula is C20H22N6O3S. The average Bonchev–Trinajstić information content (AvgIpc) is 2.72. The fourth-order valence-electron chi connectivity index (χ4n) is 2.57. The van der Waals surface area contributed by atoms with Crippen LogP contribution < -0.4 is 15.4 Å². The van der Waals surface area contributed by atoms with Gasteiger partial charge in [-0.1, -0.05) is 12.1 Å². The molecule has 9 nitrogen and oxygen atoms in total. The summed E-state index contributed by atoms with van der Waals surface area (Å²) in [5.41, 5.74) is 1.43. The number of carbonyl (C=O) groups is 1. The van der Waals surface area contributed by atoms with Crippen LogP contribution in [-0.4, -0.2) is 42.5 Å². The summed E-state index contributed by atoms with van der Waals surface area (Å²) in [6.07, 6.45) is 1.71. The molecule has 0 aliphatic rings. The van der Waals surface area contributed by atoms with E-state index in [0.29, 0.717) is 29.6 Å². The zero-order valence-electron chi connectivity index (χ0n) is 16.6. The van der Waals surface area contributed by atoms with E-state index in [1.165, 1.54) is 19.1 Å². The lowest BCUT2D eigenvalue weighted by Crippen LogP contribution is -2.29. The number of nitrogens with one attached hydrogen (secondary N) is 3. The molecule has 1 aromatic carbocycles. The Morgan fingerprint density at radius 2 is 1.73 bits per heavy atom. The van der Waals surface area contributed by atoms with Crippen LogP contribution in [0.5, 0.6) is 0 Å². The first-order chi connectivity index (χ1) is 14.3. The summed E-state index contributed by atoms with van der Waals surface area (Å²) < 4.78 is 27.2. The molecule has 10 heteroatoms. The molecule has 30 heavy (non-hydrogen) atoms. The van der Waals surface area contributed by atoms with Crippen LogP contribution in [0.25, 0.3) is 0 Å². The molecule has 0 bridgehead atoms. The van der Waals surface area contributed by atoms with Gasteiger partial charge in [-0.05, 0) is 55.8 Å². The molecule has 156 valence electrons. The number of anilines is 3. The summed E-state index contributed by atoms with van der Waals surface area (Å²) in [4.78, 5) is 15.7. The summed E-state index contributed by atoms with van der Waals surface area (Å²) in [6, 6.07) is 13.2. The van der Waals surface area contributed by atoms with E-state index in [4.69, 9.17) is 0 Å².